The van der Waals surface area contributed by atoms with Gasteiger partial charge in [0.15, 0.2) is 5.78 Å². The van der Waals surface area contributed by atoms with Gasteiger partial charge in [-0.25, -0.2) is 0 Å². The first-order valence-electron chi connectivity index (χ1n) is 4.66. The summed E-state index contributed by atoms with van der Waals surface area (Å²) in [6, 6.07) is 6.64. The van der Waals surface area contributed by atoms with Crippen molar-refractivity contribution in [1.29, 1.82) is 0 Å². The van der Waals surface area contributed by atoms with Gasteiger partial charge in [0.2, 0.25) is 0 Å². The fourth-order valence-electron chi connectivity index (χ4n) is 1.21. The third kappa shape index (κ3) is 2.92. The van der Waals surface area contributed by atoms with Crippen molar-refractivity contribution >= 4 is 5.78 Å². The van der Waals surface area contributed by atoms with Crippen LogP contribution in [0.5, 0.6) is 5.75 Å². The van der Waals surface area contributed by atoms with Crippen molar-refractivity contribution in [3.63, 3.8) is 0 Å². The van der Waals surface area contributed by atoms with Crippen LogP contribution in [0.1, 0.15) is 16.8 Å². The van der Waals surface area contributed by atoms with Gasteiger partial charge in [0.1, 0.15) is 11.9 Å². The number of carbonyl (C=O) groups excluding carboxylic acids is 1. The van der Waals surface area contributed by atoms with Gasteiger partial charge in [-0.05, 0) is 30.7 Å². The lowest BCUT2D eigenvalue weighted by molar-refractivity contribution is 0.0753. The third-order valence-corrected chi connectivity index (χ3v) is 2.07. The molecule has 0 amide bonds. The normalized spacial score (nSPS) is 11.9. The minimum atomic E-state index is -1.00. The number of carbonyl (C=O) groups is 1. The van der Waals surface area contributed by atoms with E-state index in [-0.39, 0.29) is 12.2 Å². The van der Waals surface area contributed by atoms with Gasteiger partial charge in [-0.2, -0.15) is 0 Å². The maximum atomic E-state index is 11.6. The van der Waals surface area contributed by atoms with Crippen LogP contribution in [-0.4, -0.2) is 24.1 Å². The van der Waals surface area contributed by atoms with Gasteiger partial charge in [-0.3, -0.25) is 4.79 Å². The second-order valence-electron chi connectivity index (χ2n) is 3.13. The van der Waals surface area contributed by atoms with Gasteiger partial charge < -0.3 is 9.84 Å². The van der Waals surface area contributed by atoms with Crippen LogP contribution in [-0.2, 0) is 0 Å². The molecule has 1 N–H and O–H groups in total. The van der Waals surface area contributed by atoms with Crippen LogP contribution in [0.25, 0.3) is 0 Å². The molecule has 80 valence electrons. The summed E-state index contributed by atoms with van der Waals surface area (Å²) < 4.78 is 4.97. The van der Waals surface area contributed by atoms with Crippen molar-refractivity contribution in [3.8, 4) is 5.75 Å². The molecule has 0 radical (unpaired) electrons. The number of aliphatic hydroxyl groups excluding tert-OH is 1. The van der Waals surface area contributed by atoms with E-state index in [2.05, 4.69) is 6.58 Å². The van der Waals surface area contributed by atoms with Gasteiger partial charge >= 0.3 is 0 Å². The topological polar surface area (TPSA) is 46.5 Å². The van der Waals surface area contributed by atoms with Crippen LogP contribution in [0.2, 0.25) is 0 Å². The molecular formula is C12H14O3. The molecule has 1 aromatic carbocycles. The lowest BCUT2D eigenvalue weighted by atomic mass is 10.0. The number of aliphatic hydroxyl groups is 1. The summed E-state index contributed by atoms with van der Waals surface area (Å²) in [5.41, 5.74) is 0.477. The van der Waals surface area contributed by atoms with Crippen LogP contribution in [0.15, 0.2) is 36.9 Å². The van der Waals surface area contributed by atoms with E-state index < -0.39 is 6.10 Å². The van der Waals surface area contributed by atoms with Gasteiger partial charge in [0, 0.05) is 5.56 Å². The fraction of sp³-hybridized carbons (Fsp3) is 0.250. The highest BCUT2D eigenvalue weighted by molar-refractivity contribution is 5.99. The molecule has 1 aromatic rings. The highest BCUT2D eigenvalue weighted by Gasteiger charge is 2.15. The minimum Gasteiger partial charge on any atom is -0.497 e. The first-order valence-corrected chi connectivity index (χ1v) is 4.66. The highest BCUT2D eigenvalue weighted by Crippen LogP contribution is 2.13. The van der Waals surface area contributed by atoms with Gasteiger partial charge in [-0.15, -0.1) is 6.58 Å². The van der Waals surface area contributed by atoms with Crippen molar-refractivity contribution in [1.82, 2.24) is 0 Å². The zero-order valence-electron chi connectivity index (χ0n) is 8.64. The SMILES string of the molecule is C=CCC(O)C(=O)c1ccc(OC)cc1. The molecule has 3 heteroatoms. The maximum Gasteiger partial charge on any atom is 0.191 e. The Morgan fingerprint density at radius 3 is 2.60 bits per heavy atom. The second kappa shape index (κ2) is 5.32. The molecule has 0 heterocycles. The number of ether oxygens (including phenoxy) is 1. The number of hydrogen-bond acceptors (Lipinski definition) is 3. The lowest BCUT2D eigenvalue weighted by Crippen LogP contribution is -2.19. The number of hydrogen-bond donors (Lipinski definition) is 1. The van der Waals surface area contributed by atoms with Crippen molar-refractivity contribution in [3.05, 3.63) is 42.5 Å². The summed E-state index contributed by atoms with van der Waals surface area (Å²) in [6.07, 6.45) is 0.785. The smallest absolute Gasteiger partial charge is 0.191 e. The van der Waals surface area contributed by atoms with Crippen molar-refractivity contribution in [2.45, 2.75) is 12.5 Å². The number of benzene rings is 1. The van der Waals surface area contributed by atoms with Crippen LogP contribution >= 0.6 is 0 Å². The Labute approximate surface area is 89.0 Å². The summed E-state index contributed by atoms with van der Waals surface area (Å²) in [4.78, 5) is 11.6. The zero-order chi connectivity index (χ0) is 11.3. The Bertz CT molecular complexity index is 340. The van der Waals surface area contributed by atoms with E-state index in [9.17, 15) is 9.90 Å². The maximum absolute atomic E-state index is 11.6. The van der Waals surface area contributed by atoms with Gasteiger partial charge in [-0.1, -0.05) is 6.08 Å². The van der Waals surface area contributed by atoms with Crippen LogP contribution in [0.4, 0.5) is 0 Å². The minimum absolute atomic E-state index is 0.269. The standard InChI is InChI=1S/C12H14O3/c1-3-4-11(13)12(14)9-5-7-10(15-2)8-6-9/h3,5-8,11,13H,1,4H2,2H3. The average Bonchev–Trinajstić information content (AvgIpc) is 2.28. The van der Waals surface area contributed by atoms with Crippen molar-refractivity contribution in [2.24, 2.45) is 0 Å². The average molecular weight is 206 g/mol. The molecule has 0 saturated carbocycles. The predicted octanol–water partition coefficient (Wildman–Crippen LogP) is 1.81. The number of ketones is 1. The Balaban J connectivity index is 2.77. The van der Waals surface area contributed by atoms with Gasteiger partial charge in [0.05, 0.1) is 7.11 Å². The Kier molecular flexibility index (Phi) is 4.06. The summed E-state index contributed by atoms with van der Waals surface area (Å²) in [6.45, 7) is 3.47. The molecule has 0 spiro atoms. The molecule has 0 aliphatic carbocycles. The molecule has 0 fully saturated rings. The van der Waals surface area contributed by atoms with Crippen molar-refractivity contribution < 1.29 is 14.6 Å². The highest BCUT2D eigenvalue weighted by atomic mass is 16.5. The second-order valence-corrected chi connectivity index (χ2v) is 3.13. The Hall–Kier alpha value is -1.61. The zero-order valence-corrected chi connectivity index (χ0v) is 8.64. The van der Waals surface area contributed by atoms with Gasteiger partial charge in [0.25, 0.3) is 0 Å². The predicted molar refractivity (Wildman–Crippen MR) is 58.1 cm³/mol. The molecule has 1 rings (SSSR count). The fourth-order valence-corrected chi connectivity index (χ4v) is 1.21. The quantitative estimate of drug-likeness (QED) is 0.590. The van der Waals surface area contributed by atoms with E-state index >= 15 is 0 Å². The number of Topliss-reactive ketones (excluding diaryl/α,β-unsaturated/α-hetero) is 1. The summed E-state index contributed by atoms with van der Waals surface area (Å²) in [5, 5.41) is 9.45. The largest absolute Gasteiger partial charge is 0.497 e. The molecule has 1 unspecified atom stereocenters. The van der Waals surface area contributed by atoms with E-state index in [0.29, 0.717) is 11.3 Å². The molecule has 0 aliphatic rings. The summed E-state index contributed by atoms with van der Waals surface area (Å²) in [5.74, 6) is 0.391. The molecular weight excluding hydrogens is 192 g/mol. The number of methoxy groups -OCH3 is 1. The van der Waals surface area contributed by atoms with Crippen LogP contribution < -0.4 is 4.74 Å². The molecule has 0 bridgehead atoms. The Morgan fingerprint density at radius 2 is 2.13 bits per heavy atom. The lowest BCUT2D eigenvalue weighted by Gasteiger charge is -2.07. The van der Waals surface area contributed by atoms with E-state index in [0.717, 1.165) is 0 Å². The monoisotopic (exact) mass is 206 g/mol. The molecule has 0 aromatic heterocycles. The Morgan fingerprint density at radius 1 is 1.53 bits per heavy atom. The van der Waals surface area contributed by atoms with E-state index in [1.165, 1.54) is 6.08 Å². The third-order valence-electron chi connectivity index (χ3n) is 2.07. The molecule has 0 saturated heterocycles. The first kappa shape index (κ1) is 11.5. The molecule has 1 atom stereocenters. The van der Waals surface area contributed by atoms with Crippen LogP contribution in [0.3, 0.4) is 0 Å². The summed E-state index contributed by atoms with van der Waals surface area (Å²) >= 11 is 0. The van der Waals surface area contributed by atoms with E-state index in [1.807, 2.05) is 0 Å². The first-order chi connectivity index (χ1) is 7.19. The number of rotatable bonds is 5. The van der Waals surface area contributed by atoms with Crippen molar-refractivity contribution in [2.75, 3.05) is 7.11 Å². The summed E-state index contributed by atoms with van der Waals surface area (Å²) in [7, 11) is 1.56. The molecule has 15 heavy (non-hydrogen) atoms. The van der Waals surface area contributed by atoms with Crippen LogP contribution in [0, 0.1) is 0 Å². The molecule has 0 aliphatic heterocycles. The van der Waals surface area contributed by atoms with E-state index in [1.54, 1.807) is 31.4 Å². The van der Waals surface area contributed by atoms with E-state index in [4.69, 9.17) is 4.74 Å². The molecule has 3 nitrogen and oxygen atoms in total.